The number of carbonyl (C=O) groups excluding carboxylic acids is 1. The second kappa shape index (κ2) is 11.9. The Kier molecular flexibility index (Phi) is 8.37. The first-order chi connectivity index (χ1) is 15.3. The molecule has 3 rings (SSSR count). The van der Waals surface area contributed by atoms with Crippen LogP contribution in [-0.4, -0.2) is 32.3 Å². The van der Waals surface area contributed by atoms with Gasteiger partial charge in [-0.25, -0.2) is 0 Å². The standard InChI is InChI=1S/C25H26N2O4/c1-2-16-30-23-14-8-6-12-21(23)26-19-25(28)27-22-13-7-9-15-24(22)31-18-17-29-20-10-4-3-5-11-20/h2-15,26H,1,16-19H2,(H,27,28). The van der Waals surface area contributed by atoms with E-state index in [1.807, 2.05) is 72.8 Å². The maximum atomic E-state index is 12.5. The maximum Gasteiger partial charge on any atom is 0.243 e. The summed E-state index contributed by atoms with van der Waals surface area (Å²) in [6, 6.07) is 24.3. The van der Waals surface area contributed by atoms with Crippen molar-refractivity contribution in [2.75, 3.05) is 37.0 Å². The quantitative estimate of drug-likeness (QED) is 0.328. The number of hydrogen-bond donors (Lipinski definition) is 2. The van der Waals surface area contributed by atoms with Crippen LogP contribution < -0.4 is 24.8 Å². The fourth-order valence-corrected chi connectivity index (χ4v) is 2.78. The summed E-state index contributed by atoms with van der Waals surface area (Å²) in [4.78, 5) is 12.5. The molecule has 0 radical (unpaired) electrons. The van der Waals surface area contributed by atoms with Crippen molar-refractivity contribution in [3.63, 3.8) is 0 Å². The smallest absolute Gasteiger partial charge is 0.243 e. The normalized spacial score (nSPS) is 10.1. The molecule has 0 aromatic heterocycles. The van der Waals surface area contributed by atoms with Crippen molar-refractivity contribution in [1.82, 2.24) is 0 Å². The number of nitrogens with one attached hydrogen (secondary N) is 2. The highest BCUT2D eigenvalue weighted by atomic mass is 16.5. The molecule has 0 bridgehead atoms. The summed E-state index contributed by atoms with van der Waals surface area (Å²) in [6.45, 7) is 4.88. The lowest BCUT2D eigenvalue weighted by Crippen LogP contribution is -2.22. The number of para-hydroxylation sites is 5. The zero-order valence-corrected chi connectivity index (χ0v) is 17.3. The molecule has 0 spiro atoms. The third-order valence-electron chi connectivity index (χ3n) is 4.20. The van der Waals surface area contributed by atoms with E-state index < -0.39 is 0 Å². The fraction of sp³-hybridized carbons (Fsp3) is 0.160. The van der Waals surface area contributed by atoms with Crippen molar-refractivity contribution < 1.29 is 19.0 Å². The van der Waals surface area contributed by atoms with Crippen LogP contribution in [0.5, 0.6) is 17.2 Å². The maximum absolute atomic E-state index is 12.5. The van der Waals surface area contributed by atoms with Gasteiger partial charge in [-0.1, -0.05) is 55.1 Å². The Morgan fingerprint density at radius 1 is 0.774 bits per heavy atom. The van der Waals surface area contributed by atoms with Crippen LogP contribution >= 0.6 is 0 Å². The topological polar surface area (TPSA) is 68.8 Å². The van der Waals surface area contributed by atoms with E-state index in [2.05, 4.69) is 17.2 Å². The van der Waals surface area contributed by atoms with Gasteiger partial charge in [0.05, 0.1) is 17.9 Å². The summed E-state index contributed by atoms with van der Waals surface area (Å²) in [6.07, 6.45) is 1.67. The van der Waals surface area contributed by atoms with Crippen molar-refractivity contribution in [2.24, 2.45) is 0 Å². The number of rotatable bonds is 12. The average molecular weight is 418 g/mol. The number of carbonyl (C=O) groups is 1. The Hall–Kier alpha value is -3.93. The summed E-state index contributed by atoms with van der Waals surface area (Å²) >= 11 is 0. The molecule has 31 heavy (non-hydrogen) atoms. The molecule has 0 aliphatic heterocycles. The first kappa shape index (κ1) is 21.8. The van der Waals surface area contributed by atoms with Crippen LogP contribution in [-0.2, 0) is 4.79 Å². The summed E-state index contributed by atoms with van der Waals surface area (Å²) in [7, 11) is 0. The van der Waals surface area contributed by atoms with Gasteiger partial charge in [-0.15, -0.1) is 0 Å². The summed E-state index contributed by atoms with van der Waals surface area (Å²) < 4.78 is 17.0. The van der Waals surface area contributed by atoms with Crippen LogP contribution in [0.15, 0.2) is 91.5 Å². The van der Waals surface area contributed by atoms with Gasteiger partial charge >= 0.3 is 0 Å². The van der Waals surface area contributed by atoms with E-state index in [9.17, 15) is 4.79 Å². The van der Waals surface area contributed by atoms with E-state index in [1.54, 1.807) is 12.1 Å². The average Bonchev–Trinajstić information content (AvgIpc) is 2.81. The number of anilines is 2. The Bertz CT molecular complexity index is 976. The van der Waals surface area contributed by atoms with Crippen molar-refractivity contribution in [3.05, 3.63) is 91.5 Å². The monoisotopic (exact) mass is 418 g/mol. The predicted octanol–water partition coefficient (Wildman–Crippen LogP) is 4.76. The molecule has 0 fully saturated rings. The third-order valence-corrected chi connectivity index (χ3v) is 4.20. The van der Waals surface area contributed by atoms with Crippen molar-refractivity contribution in [3.8, 4) is 17.2 Å². The summed E-state index contributed by atoms with van der Waals surface area (Å²) in [5.74, 6) is 1.84. The van der Waals surface area contributed by atoms with E-state index in [1.165, 1.54) is 0 Å². The van der Waals surface area contributed by atoms with E-state index >= 15 is 0 Å². The number of hydrogen-bond acceptors (Lipinski definition) is 5. The van der Waals surface area contributed by atoms with Crippen molar-refractivity contribution >= 4 is 17.3 Å². The number of ether oxygens (including phenoxy) is 3. The van der Waals surface area contributed by atoms with Crippen molar-refractivity contribution in [2.45, 2.75) is 0 Å². The molecule has 6 heteroatoms. The van der Waals surface area contributed by atoms with Gasteiger partial charge in [0.25, 0.3) is 0 Å². The van der Waals surface area contributed by atoms with Crippen LogP contribution in [0.1, 0.15) is 0 Å². The van der Waals surface area contributed by atoms with Crippen molar-refractivity contribution in [1.29, 1.82) is 0 Å². The lowest BCUT2D eigenvalue weighted by Gasteiger charge is -2.14. The van der Waals surface area contributed by atoms with Gasteiger partial charge in [0.1, 0.15) is 37.1 Å². The molecule has 0 saturated heterocycles. The van der Waals surface area contributed by atoms with Gasteiger partial charge in [0.2, 0.25) is 5.91 Å². The summed E-state index contributed by atoms with van der Waals surface area (Å²) in [5, 5.41) is 5.98. The third kappa shape index (κ3) is 7.12. The molecule has 2 N–H and O–H groups in total. The molecule has 6 nitrogen and oxygen atoms in total. The number of amides is 1. The molecule has 0 unspecified atom stereocenters. The van der Waals surface area contributed by atoms with Crippen LogP contribution in [0.4, 0.5) is 11.4 Å². The molecule has 0 saturated carbocycles. The van der Waals surface area contributed by atoms with Crippen LogP contribution in [0.25, 0.3) is 0 Å². The molecule has 3 aromatic carbocycles. The Morgan fingerprint density at radius 2 is 1.39 bits per heavy atom. The Morgan fingerprint density at radius 3 is 2.13 bits per heavy atom. The van der Waals surface area contributed by atoms with Crippen LogP contribution in [0.2, 0.25) is 0 Å². The van der Waals surface area contributed by atoms with Gasteiger partial charge in [0, 0.05) is 0 Å². The van der Waals surface area contributed by atoms with E-state index in [4.69, 9.17) is 14.2 Å². The molecule has 160 valence electrons. The minimum Gasteiger partial charge on any atom is -0.490 e. The second-order valence-corrected chi connectivity index (χ2v) is 6.50. The highest BCUT2D eigenvalue weighted by Gasteiger charge is 2.09. The highest BCUT2D eigenvalue weighted by Crippen LogP contribution is 2.25. The zero-order valence-electron chi connectivity index (χ0n) is 17.3. The largest absolute Gasteiger partial charge is 0.490 e. The lowest BCUT2D eigenvalue weighted by molar-refractivity contribution is -0.114. The minimum absolute atomic E-state index is 0.0832. The SMILES string of the molecule is C=CCOc1ccccc1NCC(=O)Nc1ccccc1OCCOc1ccccc1. The number of benzene rings is 3. The minimum atomic E-state index is -0.199. The second-order valence-electron chi connectivity index (χ2n) is 6.50. The van der Waals surface area contributed by atoms with Gasteiger partial charge in [-0.2, -0.15) is 0 Å². The first-order valence-electron chi connectivity index (χ1n) is 10.0. The predicted molar refractivity (Wildman–Crippen MR) is 123 cm³/mol. The zero-order chi connectivity index (χ0) is 21.7. The molecule has 0 aliphatic rings. The van der Waals surface area contributed by atoms with Gasteiger partial charge in [-0.3, -0.25) is 4.79 Å². The van der Waals surface area contributed by atoms with E-state index in [0.717, 1.165) is 11.4 Å². The molecule has 0 atom stereocenters. The van der Waals surface area contributed by atoms with Gasteiger partial charge in [0.15, 0.2) is 0 Å². The molecular weight excluding hydrogens is 392 g/mol. The molecular formula is C25H26N2O4. The summed E-state index contributed by atoms with van der Waals surface area (Å²) in [5.41, 5.74) is 1.34. The van der Waals surface area contributed by atoms with Crippen LogP contribution in [0.3, 0.4) is 0 Å². The Balaban J connectivity index is 1.49. The Labute approximate surface area is 182 Å². The van der Waals surface area contributed by atoms with Crippen LogP contribution in [0, 0.1) is 0 Å². The lowest BCUT2D eigenvalue weighted by atomic mass is 10.2. The highest BCUT2D eigenvalue weighted by molar-refractivity contribution is 5.95. The van der Waals surface area contributed by atoms with E-state index in [-0.39, 0.29) is 12.5 Å². The van der Waals surface area contributed by atoms with Gasteiger partial charge in [-0.05, 0) is 36.4 Å². The fourth-order valence-electron chi connectivity index (χ4n) is 2.78. The molecule has 0 heterocycles. The molecule has 0 aliphatic carbocycles. The molecule has 1 amide bonds. The van der Waals surface area contributed by atoms with Gasteiger partial charge < -0.3 is 24.8 Å². The van der Waals surface area contributed by atoms with E-state index in [0.29, 0.717) is 37.0 Å². The first-order valence-corrected chi connectivity index (χ1v) is 10.0. The molecule has 3 aromatic rings.